The van der Waals surface area contributed by atoms with E-state index in [1.165, 1.54) is 24.0 Å². The molecule has 0 aromatic carbocycles. The van der Waals surface area contributed by atoms with Gasteiger partial charge in [0.25, 0.3) is 0 Å². The van der Waals surface area contributed by atoms with Gasteiger partial charge in [0.15, 0.2) is 0 Å². The smallest absolute Gasteiger partial charge is 0.00757 e. The molecule has 1 aliphatic carbocycles. The maximum atomic E-state index is 3.64. The fraction of sp³-hybridized carbons (Fsp3) is 0.714. The van der Waals surface area contributed by atoms with Crippen LogP contribution in [0, 0.1) is 11.8 Å². The summed E-state index contributed by atoms with van der Waals surface area (Å²) in [6.45, 7) is 9.11. The van der Waals surface area contributed by atoms with Gasteiger partial charge in [-0.3, -0.25) is 0 Å². The van der Waals surface area contributed by atoms with Crippen LogP contribution >= 0.6 is 0 Å². The number of rotatable bonds is 1. The Labute approximate surface area is 93.6 Å². The van der Waals surface area contributed by atoms with Crippen molar-refractivity contribution >= 4 is 0 Å². The lowest BCUT2D eigenvalue weighted by molar-refractivity contribution is 0.363. The van der Waals surface area contributed by atoms with Crippen molar-refractivity contribution in [1.29, 1.82) is 0 Å². The monoisotopic (exact) mass is 205 g/mol. The molecule has 15 heavy (non-hydrogen) atoms. The lowest BCUT2D eigenvalue weighted by Gasteiger charge is -2.26. The van der Waals surface area contributed by atoms with E-state index in [2.05, 4.69) is 45.2 Å². The molecule has 0 amide bonds. The number of allylic oxidation sites excluding steroid dienone is 4. The molecule has 84 valence electrons. The summed E-state index contributed by atoms with van der Waals surface area (Å²) in [7, 11) is 0. The molecule has 1 N–H and O–H groups in total. The molecule has 2 aliphatic rings. The van der Waals surface area contributed by atoms with E-state index >= 15 is 0 Å². The van der Waals surface area contributed by atoms with Gasteiger partial charge >= 0.3 is 0 Å². The molecule has 1 fully saturated rings. The summed E-state index contributed by atoms with van der Waals surface area (Å²) in [4.78, 5) is 0. The minimum Gasteiger partial charge on any atom is -0.311 e. The van der Waals surface area contributed by atoms with E-state index in [1.54, 1.807) is 0 Å². The third kappa shape index (κ3) is 2.17. The van der Waals surface area contributed by atoms with E-state index in [4.69, 9.17) is 0 Å². The summed E-state index contributed by atoms with van der Waals surface area (Å²) in [6, 6.07) is 1.38. The molecule has 4 atom stereocenters. The lowest BCUT2D eigenvalue weighted by Crippen LogP contribution is -2.29. The first-order valence-electron chi connectivity index (χ1n) is 6.19. The van der Waals surface area contributed by atoms with Gasteiger partial charge in [-0.2, -0.15) is 0 Å². The molecule has 1 heterocycles. The summed E-state index contributed by atoms with van der Waals surface area (Å²) in [6.07, 6.45) is 7.49. The lowest BCUT2D eigenvalue weighted by atomic mass is 9.79. The van der Waals surface area contributed by atoms with E-state index in [1.807, 2.05) is 0 Å². The highest BCUT2D eigenvalue weighted by Gasteiger charge is 2.33. The van der Waals surface area contributed by atoms with Crippen molar-refractivity contribution in [2.24, 2.45) is 11.8 Å². The highest BCUT2D eigenvalue weighted by Crippen LogP contribution is 2.35. The van der Waals surface area contributed by atoms with Crippen LogP contribution in [0.1, 0.15) is 40.5 Å². The molecule has 0 radical (unpaired) electrons. The SMILES string of the molecule is CC1=CCC(C2CC(C)NC2C)C=C1C. The summed E-state index contributed by atoms with van der Waals surface area (Å²) >= 11 is 0. The molecule has 2 rings (SSSR count). The molecule has 0 aromatic rings. The van der Waals surface area contributed by atoms with Crippen LogP contribution in [0.5, 0.6) is 0 Å². The average molecular weight is 205 g/mol. The topological polar surface area (TPSA) is 12.0 Å². The fourth-order valence-electron chi connectivity index (χ4n) is 3.09. The van der Waals surface area contributed by atoms with E-state index in [0.29, 0.717) is 12.1 Å². The number of nitrogens with one attached hydrogen (secondary N) is 1. The summed E-state index contributed by atoms with van der Waals surface area (Å²) in [5.74, 6) is 1.60. The maximum Gasteiger partial charge on any atom is 0.00757 e. The van der Waals surface area contributed by atoms with Crippen LogP contribution in [0.25, 0.3) is 0 Å². The molecule has 4 unspecified atom stereocenters. The Balaban J connectivity index is 2.08. The predicted octanol–water partition coefficient (Wildman–Crippen LogP) is 3.29. The van der Waals surface area contributed by atoms with E-state index < -0.39 is 0 Å². The fourth-order valence-corrected chi connectivity index (χ4v) is 3.09. The van der Waals surface area contributed by atoms with Crippen molar-refractivity contribution in [3.05, 3.63) is 23.3 Å². The Kier molecular flexibility index (Phi) is 3.01. The van der Waals surface area contributed by atoms with Crippen LogP contribution in [0.3, 0.4) is 0 Å². The van der Waals surface area contributed by atoms with E-state index in [-0.39, 0.29) is 0 Å². The van der Waals surface area contributed by atoms with Gasteiger partial charge in [-0.25, -0.2) is 0 Å². The second kappa shape index (κ2) is 4.13. The van der Waals surface area contributed by atoms with Crippen LogP contribution in [-0.4, -0.2) is 12.1 Å². The maximum absolute atomic E-state index is 3.64. The second-order valence-corrected chi connectivity index (χ2v) is 5.39. The molecule has 1 aliphatic heterocycles. The molecule has 1 heteroatoms. The zero-order valence-corrected chi connectivity index (χ0v) is 10.4. The van der Waals surface area contributed by atoms with Crippen molar-refractivity contribution in [2.45, 2.75) is 52.6 Å². The van der Waals surface area contributed by atoms with Crippen molar-refractivity contribution < 1.29 is 0 Å². The van der Waals surface area contributed by atoms with Gasteiger partial charge in [0, 0.05) is 12.1 Å². The molecular weight excluding hydrogens is 182 g/mol. The number of hydrogen-bond donors (Lipinski definition) is 1. The quantitative estimate of drug-likeness (QED) is 0.692. The molecular formula is C14H23N. The van der Waals surface area contributed by atoms with Gasteiger partial charge in [-0.1, -0.05) is 23.3 Å². The van der Waals surface area contributed by atoms with Crippen LogP contribution in [-0.2, 0) is 0 Å². The number of hydrogen-bond acceptors (Lipinski definition) is 1. The van der Waals surface area contributed by atoms with Gasteiger partial charge < -0.3 is 5.32 Å². The van der Waals surface area contributed by atoms with Crippen LogP contribution < -0.4 is 5.32 Å². The third-order valence-electron chi connectivity index (χ3n) is 4.15. The normalized spacial score (nSPS) is 41.3. The Morgan fingerprint density at radius 3 is 2.47 bits per heavy atom. The molecule has 1 nitrogen and oxygen atoms in total. The first kappa shape index (κ1) is 10.9. The predicted molar refractivity (Wildman–Crippen MR) is 65.8 cm³/mol. The average Bonchev–Trinajstić information content (AvgIpc) is 2.50. The summed E-state index contributed by atoms with van der Waals surface area (Å²) in [5, 5.41) is 3.64. The molecule has 0 aromatic heterocycles. The van der Waals surface area contributed by atoms with Gasteiger partial charge in [0.05, 0.1) is 0 Å². The van der Waals surface area contributed by atoms with Gasteiger partial charge in [0.2, 0.25) is 0 Å². The van der Waals surface area contributed by atoms with E-state index in [9.17, 15) is 0 Å². The van der Waals surface area contributed by atoms with Crippen LogP contribution in [0.15, 0.2) is 23.3 Å². The molecule has 0 saturated carbocycles. The third-order valence-corrected chi connectivity index (χ3v) is 4.15. The Morgan fingerprint density at radius 1 is 1.20 bits per heavy atom. The standard InChI is InChI=1S/C14H23N/c1-9-5-6-13(7-10(9)2)14-8-11(3)15-12(14)4/h5,7,11-15H,6,8H2,1-4H3. The molecule has 0 spiro atoms. The minimum atomic E-state index is 0.681. The van der Waals surface area contributed by atoms with Crippen LogP contribution in [0.2, 0.25) is 0 Å². The Morgan fingerprint density at radius 2 is 1.93 bits per heavy atom. The van der Waals surface area contributed by atoms with Gasteiger partial charge in [-0.05, 0) is 52.4 Å². The largest absolute Gasteiger partial charge is 0.311 e. The summed E-state index contributed by atoms with van der Waals surface area (Å²) < 4.78 is 0. The second-order valence-electron chi connectivity index (χ2n) is 5.39. The Hall–Kier alpha value is -0.560. The van der Waals surface area contributed by atoms with E-state index in [0.717, 1.165) is 11.8 Å². The zero-order chi connectivity index (χ0) is 11.0. The van der Waals surface area contributed by atoms with Crippen LogP contribution in [0.4, 0.5) is 0 Å². The first-order chi connectivity index (χ1) is 7.08. The minimum absolute atomic E-state index is 0.681. The van der Waals surface area contributed by atoms with Crippen molar-refractivity contribution in [3.63, 3.8) is 0 Å². The Bertz CT molecular complexity index is 300. The van der Waals surface area contributed by atoms with Gasteiger partial charge in [0.1, 0.15) is 0 Å². The molecule has 0 bridgehead atoms. The van der Waals surface area contributed by atoms with Crippen molar-refractivity contribution in [2.75, 3.05) is 0 Å². The van der Waals surface area contributed by atoms with Crippen molar-refractivity contribution in [3.8, 4) is 0 Å². The molecule has 1 saturated heterocycles. The highest BCUT2D eigenvalue weighted by atomic mass is 15.0. The highest BCUT2D eigenvalue weighted by molar-refractivity contribution is 5.31. The van der Waals surface area contributed by atoms with Gasteiger partial charge in [-0.15, -0.1) is 0 Å². The zero-order valence-electron chi connectivity index (χ0n) is 10.4. The summed E-state index contributed by atoms with van der Waals surface area (Å²) in [5.41, 5.74) is 2.95. The van der Waals surface area contributed by atoms with Crippen molar-refractivity contribution in [1.82, 2.24) is 5.32 Å². The first-order valence-corrected chi connectivity index (χ1v) is 6.19.